The molecule has 4 nitrogen and oxygen atoms in total. The van der Waals surface area contributed by atoms with E-state index in [2.05, 4.69) is 16.9 Å². The van der Waals surface area contributed by atoms with Gasteiger partial charge in [-0.2, -0.15) is 11.8 Å². The quantitative estimate of drug-likeness (QED) is 0.506. The van der Waals surface area contributed by atoms with Gasteiger partial charge in [0.25, 0.3) is 0 Å². The van der Waals surface area contributed by atoms with Crippen LogP contribution in [0.3, 0.4) is 0 Å². The van der Waals surface area contributed by atoms with Crippen molar-refractivity contribution in [1.82, 2.24) is 5.32 Å². The molecular weight excluding hydrogens is 258 g/mol. The molecule has 0 spiro atoms. The van der Waals surface area contributed by atoms with Crippen molar-refractivity contribution in [3.8, 4) is 0 Å². The van der Waals surface area contributed by atoms with Crippen molar-refractivity contribution >= 4 is 29.2 Å². The Morgan fingerprint density at radius 1 is 1.16 bits per heavy atom. The van der Waals surface area contributed by atoms with Gasteiger partial charge in [-0.05, 0) is 49.1 Å². The van der Waals surface area contributed by atoms with Gasteiger partial charge in [-0.15, -0.1) is 0 Å². The summed E-state index contributed by atoms with van der Waals surface area (Å²) in [5.74, 6) is 1.23. The van der Waals surface area contributed by atoms with Crippen LogP contribution < -0.4 is 16.4 Å². The lowest BCUT2D eigenvalue weighted by molar-refractivity contribution is 0.252. The van der Waals surface area contributed by atoms with Crippen molar-refractivity contribution in [2.75, 3.05) is 29.6 Å². The van der Waals surface area contributed by atoms with Crippen LogP contribution in [0.1, 0.15) is 25.7 Å². The van der Waals surface area contributed by atoms with E-state index in [-0.39, 0.29) is 6.03 Å². The molecule has 0 fully saturated rings. The molecule has 1 rings (SSSR count). The second-order valence-electron chi connectivity index (χ2n) is 4.41. The molecule has 4 N–H and O–H groups in total. The molecular formula is C14H23N3OS. The highest BCUT2D eigenvalue weighted by molar-refractivity contribution is 7.98. The zero-order valence-corrected chi connectivity index (χ0v) is 12.3. The highest BCUT2D eigenvalue weighted by Crippen LogP contribution is 2.10. The first-order chi connectivity index (χ1) is 9.22. The summed E-state index contributed by atoms with van der Waals surface area (Å²) in [5.41, 5.74) is 7.02. The van der Waals surface area contributed by atoms with Crippen LogP contribution in [-0.4, -0.2) is 24.6 Å². The number of amides is 2. The van der Waals surface area contributed by atoms with Gasteiger partial charge in [0.2, 0.25) is 0 Å². The lowest BCUT2D eigenvalue weighted by Gasteiger charge is -2.07. The normalized spacial score (nSPS) is 10.2. The number of hydrogen-bond acceptors (Lipinski definition) is 3. The number of nitrogen functional groups attached to an aromatic ring is 1. The van der Waals surface area contributed by atoms with Gasteiger partial charge in [0.15, 0.2) is 0 Å². The summed E-state index contributed by atoms with van der Waals surface area (Å²) in [4.78, 5) is 11.6. The Hall–Kier alpha value is -1.36. The molecule has 0 aliphatic rings. The van der Waals surface area contributed by atoms with Gasteiger partial charge >= 0.3 is 6.03 Å². The average molecular weight is 281 g/mol. The molecule has 0 aromatic heterocycles. The number of urea groups is 1. The fourth-order valence-corrected chi connectivity index (χ4v) is 2.16. The molecule has 106 valence electrons. The maximum Gasteiger partial charge on any atom is 0.319 e. The molecule has 0 saturated carbocycles. The third-order valence-electron chi connectivity index (χ3n) is 2.73. The number of carbonyl (C=O) groups excluding carboxylic acids is 1. The zero-order valence-electron chi connectivity index (χ0n) is 11.4. The summed E-state index contributed by atoms with van der Waals surface area (Å²) in [5, 5.41) is 5.62. The summed E-state index contributed by atoms with van der Waals surface area (Å²) >= 11 is 1.88. The van der Waals surface area contributed by atoms with Crippen molar-refractivity contribution in [2.45, 2.75) is 25.7 Å². The topological polar surface area (TPSA) is 67.2 Å². The van der Waals surface area contributed by atoms with E-state index in [9.17, 15) is 4.79 Å². The Kier molecular flexibility index (Phi) is 7.89. The fraction of sp³-hybridized carbons (Fsp3) is 0.500. The number of rotatable bonds is 8. The Bertz CT molecular complexity index is 367. The lowest BCUT2D eigenvalue weighted by atomic mass is 10.2. The number of nitrogens with one attached hydrogen (secondary N) is 2. The Morgan fingerprint density at radius 2 is 1.84 bits per heavy atom. The Labute approximate surface area is 119 Å². The van der Waals surface area contributed by atoms with Crippen LogP contribution in [0.5, 0.6) is 0 Å². The van der Waals surface area contributed by atoms with Gasteiger partial charge in [0.1, 0.15) is 0 Å². The van der Waals surface area contributed by atoms with Crippen LogP contribution in [0.2, 0.25) is 0 Å². The Balaban J connectivity index is 2.06. The third-order valence-corrected chi connectivity index (χ3v) is 3.43. The van der Waals surface area contributed by atoms with Crippen LogP contribution in [0.4, 0.5) is 16.2 Å². The van der Waals surface area contributed by atoms with E-state index in [4.69, 9.17) is 5.73 Å². The number of benzene rings is 1. The molecule has 0 saturated heterocycles. The highest BCUT2D eigenvalue weighted by atomic mass is 32.2. The average Bonchev–Trinajstić information content (AvgIpc) is 2.40. The van der Waals surface area contributed by atoms with E-state index >= 15 is 0 Å². The molecule has 5 heteroatoms. The number of nitrogens with two attached hydrogens (primary N) is 1. The SMILES string of the molecule is CSCCCCCCNC(=O)Nc1ccc(N)cc1. The van der Waals surface area contributed by atoms with E-state index in [1.807, 2.05) is 11.8 Å². The van der Waals surface area contributed by atoms with E-state index in [0.29, 0.717) is 5.69 Å². The van der Waals surface area contributed by atoms with Crippen LogP contribution in [-0.2, 0) is 0 Å². The summed E-state index contributed by atoms with van der Waals surface area (Å²) in [6, 6.07) is 6.95. The van der Waals surface area contributed by atoms with Crippen LogP contribution >= 0.6 is 11.8 Å². The zero-order chi connectivity index (χ0) is 13.9. The summed E-state index contributed by atoms with van der Waals surface area (Å²) in [7, 11) is 0. The Morgan fingerprint density at radius 3 is 2.53 bits per heavy atom. The summed E-state index contributed by atoms with van der Waals surface area (Å²) in [6.07, 6.45) is 6.83. The number of unbranched alkanes of at least 4 members (excludes halogenated alkanes) is 3. The molecule has 0 atom stereocenters. The molecule has 2 amide bonds. The van der Waals surface area contributed by atoms with Gasteiger partial charge in [-0.25, -0.2) is 4.79 Å². The minimum atomic E-state index is -0.158. The second-order valence-corrected chi connectivity index (χ2v) is 5.40. The molecule has 0 aliphatic carbocycles. The maximum absolute atomic E-state index is 11.6. The van der Waals surface area contributed by atoms with Gasteiger partial charge in [0.05, 0.1) is 0 Å². The predicted octanol–water partition coefficient (Wildman–Crippen LogP) is 3.31. The summed E-state index contributed by atoms with van der Waals surface area (Å²) < 4.78 is 0. The monoisotopic (exact) mass is 281 g/mol. The van der Waals surface area contributed by atoms with Crippen molar-refractivity contribution in [3.63, 3.8) is 0 Å². The first kappa shape index (κ1) is 15.7. The van der Waals surface area contributed by atoms with Gasteiger partial charge in [-0.3, -0.25) is 0 Å². The second kappa shape index (κ2) is 9.55. The number of hydrogen-bond donors (Lipinski definition) is 3. The lowest BCUT2D eigenvalue weighted by Crippen LogP contribution is -2.29. The minimum absolute atomic E-state index is 0.158. The predicted molar refractivity (Wildman–Crippen MR) is 84.7 cm³/mol. The molecule has 0 heterocycles. The van der Waals surface area contributed by atoms with Gasteiger partial charge in [0, 0.05) is 17.9 Å². The first-order valence-electron chi connectivity index (χ1n) is 6.61. The molecule has 1 aromatic rings. The summed E-state index contributed by atoms with van der Waals surface area (Å²) in [6.45, 7) is 0.722. The van der Waals surface area contributed by atoms with Crippen molar-refractivity contribution in [1.29, 1.82) is 0 Å². The van der Waals surface area contributed by atoms with E-state index in [0.717, 1.165) is 18.7 Å². The van der Waals surface area contributed by atoms with Gasteiger partial charge < -0.3 is 16.4 Å². The minimum Gasteiger partial charge on any atom is -0.399 e. The van der Waals surface area contributed by atoms with Crippen LogP contribution in [0.25, 0.3) is 0 Å². The number of thioether (sulfide) groups is 1. The first-order valence-corrected chi connectivity index (χ1v) is 8.01. The maximum atomic E-state index is 11.6. The number of anilines is 2. The van der Waals surface area contributed by atoms with Crippen LogP contribution in [0, 0.1) is 0 Å². The van der Waals surface area contributed by atoms with Gasteiger partial charge in [-0.1, -0.05) is 12.8 Å². The molecule has 19 heavy (non-hydrogen) atoms. The molecule has 0 aliphatic heterocycles. The highest BCUT2D eigenvalue weighted by Gasteiger charge is 2.00. The van der Waals surface area contributed by atoms with Crippen molar-refractivity contribution in [3.05, 3.63) is 24.3 Å². The third kappa shape index (κ3) is 7.62. The van der Waals surface area contributed by atoms with Crippen molar-refractivity contribution in [2.24, 2.45) is 0 Å². The fourth-order valence-electron chi connectivity index (χ4n) is 1.67. The molecule has 1 aromatic carbocycles. The molecule has 0 radical (unpaired) electrons. The van der Waals surface area contributed by atoms with E-state index in [1.165, 1.54) is 25.0 Å². The van der Waals surface area contributed by atoms with Crippen LogP contribution in [0.15, 0.2) is 24.3 Å². The van der Waals surface area contributed by atoms with Crippen molar-refractivity contribution < 1.29 is 4.79 Å². The smallest absolute Gasteiger partial charge is 0.319 e. The molecule has 0 bridgehead atoms. The number of carbonyl (C=O) groups is 1. The van der Waals surface area contributed by atoms with E-state index < -0.39 is 0 Å². The largest absolute Gasteiger partial charge is 0.399 e. The standard InChI is InChI=1S/C14H23N3OS/c1-19-11-5-3-2-4-10-16-14(18)17-13-8-6-12(15)7-9-13/h6-9H,2-5,10-11,15H2,1H3,(H2,16,17,18). The molecule has 0 unspecified atom stereocenters. The van der Waals surface area contributed by atoms with E-state index in [1.54, 1.807) is 24.3 Å².